The monoisotopic (exact) mass is 275 g/mol. The molecule has 0 saturated carbocycles. The normalized spacial score (nSPS) is 13.4. The molecule has 2 aromatic rings. The van der Waals surface area contributed by atoms with Crippen molar-refractivity contribution in [1.29, 1.82) is 0 Å². The molecule has 0 spiro atoms. The van der Waals surface area contributed by atoms with Crippen molar-refractivity contribution in [2.24, 2.45) is 0 Å². The van der Waals surface area contributed by atoms with E-state index in [2.05, 4.69) is 26.1 Å². The Balaban J connectivity index is 2.15. The Bertz CT molecular complexity index is 528. The number of halogens is 1. The van der Waals surface area contributed by atoms with E-state index in [1.807, 2.05) is 18.2 Å². The summed E-state index contributed by atoms with van der Waals surface area (Å²) in [5, 5.41) is 3.49. The van der Waals surface area contributed by atoms with Crippen molar-refractivity contribution in [3.05, 3.63) is 59.8 Å². The Morgan fingerprint density at radius 1 is 1.20 bits per heavy atom. The van der Waals surface area contributed by atoms with Gasteiger partial charge in [0.2, 0.25) is 0 Å². The van der Waals surface area contributed by atoms with Crippen LogP contribution in [0.4, 0.5) is 4.39 Å². The van der Waals surface area contributed by atoms with Crippen LogP contribution in [0.15, 0.2) is 47.1 Å². The molecule has 0 bridgehead atoms. The number of rotatable bonds is 5. The third-order valence-corrected chi connectivity index (χ3v) is 3.23. The van der Waals surface area contributed by atoms with Crippen molar-refractivity contribution < 1.29 is 8.81 Å². The molecule has 1 N–H and O–H groups in total. The summed E-state index contributed by atoms with van der Waals surface area (Å²) in [7, 11) is 0. The largest absolute Gasteiger partial charge is 0.469 e. The summed E-state index contributed by atoms with van der Waals surface area (Å²) >= 11 is 0. The highest BCUT2D eigenvalue weighted by Gasteiger charge is 2.18. The van der Waals surface area contributed by atoms with Gasteiger partial charge in [0.05, 0.1) is 6.26 Å². The van der Waals surface area contributed by atoms with Gasteiger partial charge < -0.3 is 9.73 Å². The van der Waals surface area contributed by atoms with Gasteiger partial charge in [-0.1, -0.05) is 12.1 Å². The van der Waals surface area contributed by atoms with E-state index in [0.29, 0.717) is 0 Å². The number of nitrogens with one attached hydrogen (secondary N) is 1. The highest BCUT2D eigenvalue weighted by Crippen LogP contribution is 2.22. The lowest BCUT2D eigenvalue weighted by atomic mass is 9.93. The number of benzene rings is 1. The van der Waals surface area contributed by atoms with Crippen LogP contribution in [0.1, 0.15) is 38.0 Å². The molecule has 1 aromatic heterocycles. The first kappa shape index (κ1) is 14.8. The molecule has 0 fully saturated rings. The predicted octanol–water partition coefficient (Wildman–Crippen LogP) is 4.13. The van der Waals surface area contributed by atoms with Gasteiger partial charge in [0, 0.05) is 24.4 Å². The van der Waals surface area contributed by atoms with Gasteiger partial charge in [-0.15, -0.1) is 0 Å². The fraction of sp³-hybridized carbons (Fsp3) is 0.412. The van der Waals surface area contributed by atoms with E-state index in [1.54, 1.807) is 18.4 Å². The fourth-order valence-corrected chi connectivity index (χ4v) is 2.17. The van der Waals surface area contributed by atoms with E-state index >= 15 is 0 Å². The van der Waals surface area contributed by atoms with Crippen LogP contribution in [-0.2, 0) is 6.42 Å². The smallest absolute Gasteiger partial charge is 0.123 e. The van der Waals surface area contributed by atoms with E-state index in [9.17, 15) is 4.39 Å². The molecule has 0 saturated heterocycles. The molecule has 1 aromatic carbocycles. The van der Waals surface area contributed by atoms with Crippen molar-refractivity contribution in [3.8, 4) is 0 Å². The van der Waals surface area contributed by atoms with Crippen molar-refractivity contribution in [3.63, 3.8) is 0 Å². The first-order valence-electron chi connectivity index (χ1n) is 6.97. The van der Waals surface area contributed by atoms with E-state index in [-0.39, 0.29) is 17.3 Å². The standard InChI is InChI=1S/C17H22FNO/c1-17(2,3)19-12-14(11-16-8-5-9-20-16)13-6-4-7-15(18)10-13/h4-10,14,19H,11-12H2,1-3H3. The van der Waals surface area contributed by atoms with Gasteiger partial charge in [-0.3, -0.25) is 0 Å². The predicted molar refractivity (Wildman–Crippen MR) is 79.3 cm³/mol. The van der Waals surface area contributed by atoms with E-state index < -0.39 is 0 Å². The minimum absolute atomic E-state index is 0.0364. The third kappa shape index (κ3) is 4.49. The Kier molecular flexibility index (Phi) is 4.61. The van der Waals surface area contributed by atoms with Crippen molar-refractivity contribution in [2.75, 3.05) is 6.54 Å². The minimum Gasteiger partial charge on any atom is -0.469 e. The molecule has 1 atom stereocenters. The fourth-order valence-electron chi connectivity index (χ4n) is 2.17. The molecular weight excluding hydrogens is 253 g/mol. The lowest BCUT2D eigenvalue weighted by Crippen LogP contribution is -2.39. The molecule has 2 rings (SSSR count). The third-order valence-electron chi connectivity index (χ3n) is 3.23. The summed E-state index contributed by atoms with van der Waals surface area (Å²) < 4.78 is 18.9. The Labute approximate surface area is 120 Å². The zero-order valence-corrected chi connectivity index (χ0v) is 12.3. The van der Waals surface area contributed by atoms with Crippen LogP contribution in [0.5, 0.6) is 0 Å². The summed E-state index contributed by atoms with van der Waals surface area (Å²) in [4.78, 5) is 0. The van der Waals surface area contributed by atoms with Crippen molar-refractivity contribution >= 4 is 0 Å². The lowest BCUT2D eigenvalue weighted by Gasteiger charge is -2.25. The molecule has 0 amide bonds. The molecule has 0 aliphatic carbocycles. The molecule has 0 aliphatic heterocycles. The number of hydrogen-bond donors (Lipinski definition) is 1. The Hall–Kier alpha value is -1.61. The average molecular weight is 275 g/mol. The lowest BCUT2D eigenvalue weighted by molar-refractivity contribution is 0.393. The van der Waals surface area contributed by atoms with Crippen LogP contribution in [0.25, 0.3) is 0 Å². The molecule has 20 heavy (non-hydrogen) atoms. The zero-order chi connectivity index (χ0) is 14.6. The quantitative estimate of drug-likeness (QED) is 0.887. The summed E-state index contributed by atoms with van der Waals surface area (Å²) in [5.74, 6) is 0.925. The van der Waals surface area contributed by atoms with Gasteiger partial charge in [-0.25, -0.2) is 4.39 Å². The summed E-state index contributed by atoms with van der Waals surface area (Å²) in [5.41, 5.74) is 1.03. The van der Waals surface area contributed by atoms with Gasteiger partial charge in [-0.05, 0) is 50.6 Å². The van der Waals surface area contributed by atoms with Gasteiger partial charge in [0.1, 0.15) is 11.6 Å². The highest BCUT2D eigenvalue weighted by molar-refractivity contribution is 5.23. The molecule has 2 nitrogen and oxygen atoms in total. The molecular formula is C17H22FNO. The minimum atomic E-state index is -0.192. The second-order valence-corrected chi connectivity index (χ2v) is 6.17. The maximum Gasteiger partial charge on any atom is 0.123 e. The van der Waals surface area contributed by atoms with Crippen LogP contribution in [0.3, 0.4) is 0 Å². The second-order valence-electron chi connectivity index (χ2n) is 6.17. The average Bonchev–Trinajstić information content (AvgIpc) is 2.86. The Morgan fingerprint density at radius 2 is 2.00 bits per heavy atom. The summed E-state index contributed by atoms with van der Waals surface area (Å²) in [6.07, 6.45) is 2.44. The molecule has 1 heterocycles. The highest BCUT2D eigenvalue weighted by atomic mass is 19.1. The number of hydrogen-bond acceptors (Lipinski definition) is 2. The molecule has 3 heteroatoms. The molecule has 0 radical (unpaired) electrons. The second kappa shape index (κ2) is 6.23. The Morgan fingerprint density at radius 3 is 2.60 bits per heavy atom. The summed E-state index contributed by atoms with van der Waals surface area (Å²) in [6, 6.07) is 10.7. The number of furan rings is 1. The zero-order valence-electron chi connectivity index (χ0n) is 12.3. The topological polar surface area (TPSA) is 25.2 Å². The van der Waals surface area contributed by atoms with Crippen LogP contribution in [-0.4, -0.2) is 12.1 Å². The van der Waals surface area contributed by atoms with Crippen LogP contribution >= 0.6 is 0 Å². The van der Waals surface area contributed by atoms with Gasteiger partial charge in [0.25, 0.3) is 0 Å². The maximum atomic E-state index is 13.4. The van der Waals surface area contributed by atoms with E-state index in [4.69, 9.17) is 4.42 Å². The van der Waals surface area contributed by atoms with E-state index in [0.717, 1.165) is 24.3 Å². The first-order valence-corrected chi connectivity index (χ1v) is 6.97. The molecule has 0 aliphatic rings. The summed E-state index contributed by atoms with van der Waals surface area (Å²) in [6.45, 7) is 7.17. The molecule has 1 unspecified atom stereocenters. The SMILES string of the molecule is CC(C)(C)NCC(Cc1ccco1)c1cccc(F)c1. The van der Waals surface area contributed by atoms with E-state index in [1.165, 1.54) is 6.07 Å². The first-order chi connectivity index (χ1) is 9.44. The van der Waals surface area contributed by atoms with Gasteiger partial charge in [-0.2, -0.15) is 0 Å². The van der Waals surface area contributed by atoms with Crippen LogP contribution < -0.4 is 5.32 Å². The molecule has 108 valence electrons. The van der Waals surface area contributed by atoms with Gasteiger partial charge >= 0.3 is 0 Å². The van der Waals surface area contributed by atoms with Crippen molar-refractivity contribution in [1.82, 2.24) is 5.32 Å². The maximum absolute atomic E-state index is 13.4. The van der Waals surface area contributed by atoms with Crippen LogP contribution in [0.2, 0.25) is 0 Å². The van der Waals surface area contributed by atoms with Crippen LogP contribution in [0, 0.1) is 5.82 Å². The van der Waals surface area contributed by atoms with Gasteiger partial charge in [0.15, 0.2) is 0 Å². The van der Waals surface area contributed by atoms with Crippen molar-refractivity contribution in [2.45, 2.75) is 38.6 Å².